The lowest BCUT2D eigenvalue weighted by Gasteiger charge is -2.17. The van der Waals surface area contributed by atoms with Crippen molar-refractivity contribution >= 4 is 21.4 Å². The summed E-state index contributed by atoms with van der Waals surface area (Å²) in [5.41, 5.74) is 0.898. The summed E-state index contributed by atoms with van der Waals surface area (Å²) < 4.78 is 22.5. The average molecular weight is 238 g/mol. The molecule has 5 heteroatoms. The molecule has 0 amide bonds. The van der Waals surface area contributed by atoms with Gasteiger partial charge in [0.1, 0.15) is 5.84 Å². The van der Waals surface area contributed by atoms with Crippen LogP contribution < -0.4 is 4.90 Å². The van der Waals surface area contributed by atoms with Gasteiger partial charge < -0.3 is 4.90 Å². The number of amidine groups is 1. The van der Waals surface area contributed by atoms with E-state index in [1.807, 2.05) is 4.90 Å². The fraction of sp³-hybridized carbons (Fsp3) is 0.364. The van der Waals surface area contributed by atoms with Crippen molar-refractivity contribution in [3.8, 4) is 0 Å². The molecule has 1 N–H and O–H groups in total. The monoisotopic (exact) mass is 238 g/mol. The van der Waals surface area contributed by atoms with Crippen molar-refractivity contribution in [2.75, 3.05) is 17.7 Å². The minimum absolute atomic E-state index is 0.321. The molecule has 0 unspecified atom stereocenters. The molecule has 0 radical (unpaired) electrons. The molecule has 2 rings (SSSR count). The second-order valence-corrected chi connectivity index (χ2v) is 5.98. The molecule has 16 heavy (non-hydrogen) atoms. The highest BCUT2D eigenvalue weighted by Crippen LogP contribution is 2.22. The largest absolute Gasteiger partial charge is 0.330 e. The van der Waals surface area contributed by atoms with Crippen molar-refractivity contribution in [1.29, 1.82) is 5.41 Å². The van der Waals surface area contributed by atoms with Gasteiger partial charge in [-0.05, 0) is 30.7 Å². The molecular weight excluding hydrogens is 224 g/mol. The molecule has 1 heterocycles. The van der Waals surface area contributed by atoms with Crippen LogP contribution in [-0.2, 0) is 9.84 Å². The van der Waals surface area contributed by atoms with Gasteiger partial charge in [-0.25, -0.2) is 8.42 Å². The normalized spacial score (nSPS) is 16.8. The zero-order valence-electron chi connectivity index (χ0n) is 9.10. The molecular formula is C11H14N2O2S. The quantitative estimate of drug-likeness (QED) is 0.852. The second-order valence-electron chi connectivity index (χ2n) is 3.97. The van der Waals surface area contributed by atoms with Gasteiger partial charge in [-0.1, -0.05) is 0 Å². The maximum Gasteiger partial charge on any atom is 0.175 e. The number of nitrogens with zero attached hydrogens (tertiary/aromatic N) is 1. The van der Waals surface area contributed by atoms with Gasteiger partial charge in [0.05, 0.1) is 4.90 Å². The number of hydrogen-bond acceptors (Lipinski definition) is 3. The summed E-state index contributed by atoms with van der Waals surface area (Å²) in [4.78, 5) is 2.23. The highest BCUT2D eigenvalue weighted by Gasteiger charge is 2.18. The van der Waals surface area contributed by atoms with Crippen LogP contribution in [0.3, 0.4) is 0 Å². The molecule has 1 aromatic rings. The lowest BCUT2D eigenvalue weighted by molar-refractivity contribution is 0.602. The second kappa shape index (κ2) is 3.90. The van der Waals surface area contributed by atoms with E-state index in [0.29, 0.717) is 10.7 Å². The third kappa shape index (κ3) is 2.09. The molecule has 0 saturated carbocycles. The minimum Gasteiger partial charge on any atom is -0.330 e. The highest BCUT2D eigenvalue weighted by molar-refractivity contribution is 7.90. The molecule has 1 saturated heterocycles. The van der Waals surface area contributed by atoms with Crippen LogP contribution in [0.2, 0.25) is 0 Å². The Bertz CT molecular complexity index is 505. The Morgan fingerprint density at radius 3 is 2.31 bits per heavy atom. The molecule has 4 nitrogen and oxygen atoms in total. The Morgan fingerprint density at radius 1 is 1.25 bits per heavy atom. The van der Waals surface area contributed by atoms with Crippen molar-refractivity contribution in [2.45, 2.75) is 17.7 Å². The zero-order chi connectivity index (χ0) is 11.8. The van der Waals surface area contributed by atoms with Crippen LogP contribution in [0.5, 0.6) is 0 Å². The van der Waals surface area contributed by atoms with Gasteiger partial charge in [-0.15, -0.1) is 0 Å². The van der Waals surface area contributed by atoms with E-state index in [9.17, 15) is 8.42 Å². The Kier molecular flexibility index (Phi) is 2.71. The summed E-state index contributed by atoms with van der Waals surface area (Å²) in [6.07, 6.45) is 2.99. The average Bonchev–Trinajstić information content (AvgIpc) is 2.63. The summed E-state index contributed by atoms with van der Waals surface area (Å²) in [6, 6.07) is 6.71. The standard InChI is InChI=1S/C11H14N2O2S/c1-16(14,15)10-6-4-9(5-7-10)13-8-2-3-11(13)12/h4-7,12H,2-3,8H2,1H3. The van der Waals surface area contributed by atoms with Gasteiger partial charge in [-0.2, -0.15) is 0 Å². The fourth-order valence-corrected chi connectivity index (χ4v) is 2.46. The van der Waals surface area contributed by atoms with Crippen molar-refractivity contribution in [1.82, 2.24) is 0 Å². The van der Waals surface area contributed by atoms with Crippen LogP contribution in [0.15, 0.2) is 29.2 Å². The maximum absolute atomic E-state index is 11.3. The molecule has 0 aromatic heterocycles. The molecule has 0 bridgehead atoms. The minimum atomic E-state index is -3.13. The van der Waals surface area contributed by atoms with E-state index in [-0.39, 0.29) is 0 Å². The van der Waals surface area contributed by atoms with E-state index in [1.54, 1.807) is 24.3 Å². The molecule has 86 valence electrons. The van der Waals surface area contributed by atoms with E-state index < -0.39 is 9.84 Å². The zero-order valence-corrected chi connectivity index (χ0v) is 9.92. The first-order chi connectivity index (χ1) is 7.48. The first kappa shape index (κ1) is 11.1. The van der Waals surface area contributed by atoms with Gasteiger partial charge in [-0.3, -0.25) is 5.41 Å². The molecule has 1 aliphatic heterocycles. The number of hydrogen-bond donors (Lipinski definition) is 1. The molecule has 0 spiro atoms. The third-order valence-corrected chi connectivity index (χ3v) is 3.83. The Morgan fingerprint density at radius 2 is 1.88 bits per heavy atom. The van der Waals surface area contributed by atoms with Crippen LogP contribution >= 0.6 is 0 Å². The number of nitrogens with one attached hydrogen (secondary N) is 1. The number of rotatable bonds is 2. The fourth-order valence-electron chi connectivity index (χ4n) is 1.83. The van der Waals surface area contributed by atoms with Crippen molar-refractivity contribution in [3.05, 3.63) is 24.3 Å². The van der Waals surface area contributed by atoms with Crippen LogP contribution in [0, 0.1) is 5.41 Å². The van der Waals surface area contributed by atoms with E-state index in [0.717, 1.165) is 25.1 Å². The van der Waals surface area contributed by atoms with Gasteiger partial charge in [0.15, 0.2) is 9.84 Å². The summed E-state index contributed by atoms with van der Waals surface area (Å²) in [5, 5.41) is 7.73. The Balaban J connectivity index is 2.29. The van der Waals surface area contributed by atoms with Gasteiger partial charge in [0, 0.05) is 24.9 Å². The first-order valence-corrected chi connectivity index (χ1v) is 7.03. The van der Waals surface area contributed by atoms with Crippen molar-refractivity contribution < 1.29 is 8.42 Å². The SMILES string of the molecule is CS(=O)(=O)c1ccc(N2CCCC2=N)cc1. The topological polar surface area (TPSA) is 61.2 Å². The Labute approximate surface area is 95.3 Å². The smallest absolute Gasteiger partial charge is 0.175 e. The molecule has 1 aromatic carbocycles. The van der Waals surface area contributed by atoms with Crippen LogP contribution in [0.25, 0.3) is 0 Å². The molecule has 0 aliphatic carbocycles. The summed E-state index contributed by atoms with van der Waals surface area (Å²) in [6.45, 7) is 0.844. The van der Waals surface area contributed by atoms with E-state index in [2.05, 4.69) is 0 Å². The third-order valence-electron chi connectivity index (χ3n) is 2.70. The summed E-state index contributed by atoms with van der Waals surface area (Å²) >= 11 is 0. The predicted octanol–water partition coefficient (Wildman–Crippen LogP) is 1.67. The lowest BCUT2D eigenvalue weighted by Crippen LogP contribution is -2.22. The van der Waals surface area contributed by atoms with Crippen LogP contribution in [-0.4, -0.2) is 27.1 Å². The molecule has 1 aliphatic rings. The number of anilines is 1. The van der Waals surface area contributed by atoms with E-state index >= 15 is 0 Å². The maximum atomic E-state index is 11.3. The van der Waals surface area contributed by atoms with Crippen molar-refractivity contribution in [2.24, 2.45) is 0 Å². The van der Waals surface area contributed by atoms with E-state index in [1.165, 1.54) is 6.26 Å². The summed E-state index contributed by atoms with van der Waals surface area (Å²) in [7, 11) is -3.13. The molecule has 1 fully saturated rings. The first-order valence-electron chi connectivity index (χ1n) is 5.13. The van der Waals surface area contributed by atoms with Crippen molar-refractivity contribution in [3.63, 3.8) is 0 Å². The number of sulfone groups is 1. The van der Waals surface area contributed by atoms with Crippen LogP contribution in [0.4, 0.5) is 5.69 Å². The van der Waals surface area contributed by atoms with Gasteiger partial charge in [0.2, 0.25) is 0 Å². The van der Waals surface area contributed by atoms with Gasteiger partial charge in [0.25, 0.3) is 0 Å². The summed E-state index contributed by atoms with van der Waals surface area (Å²) in [5.74, 6) is 0.604. The van der Waals surface area contributed by atoms with Crippen LogP contribution in [0.1, 0.15) is 12.8 Å². The van der Waals surface area contributed by atoms with Gasteiger partial charge >= 0.3 is 0 Å². The van der Waals surface area contributed by atoms with E-state index in [4.69, 9.17) is 5.41 Å². The Hall–Kier alpha value is -1.36. The predicted molar refractivity (Wildman–Crippen MR) is 63.9 cm³/mol. The number of benzene rings is 1. The lowest BCUT2D eigenvalue weighted by atomic mass is 10.3. The molecule has 0 atom stereocenters. The highest BCUT2D eigenvalue weighted by atomic mass is 32.2.